The largest absolute Gasteiger partial charge is 0.492 e. The quantitative estimate of drug-likeness (QED) is 0.370. The zero-order chi connectivity index (χ0) is 20.4. The van der Waals surface area contributed by atoms with Crippen molar-refractivity contribution in [2.45, 2.75) is 27.3 Å². The predicted molar refractivity (Wildman–Crippen MR) is 110 cm³/mol. The van der Waals surface area contributed by atoms with Gasteiger partial charge in [-0.25, -0.2) is 9.38 Å². The average molecular weight is 386 g/mol. The van der Waals surface area contributed by atoms with Crippen LogP contribution in [0.25, 0.3) is 0 Å². The second kappa shape index (κ2) is 10.9. The molecule has 2 aromatic rings. The Morgan fingerprint density at radius 3 is 2.71 bits per heavy atom. The van der Waals surface area contributed by atoms with Crippen LogP contribution in [0.2, 0.25) is 0 Å². The summed E-state index contributed by atoms with van der Waals surface area (Å²) in [7, 11) is 0. The van der Waals surface area contributed by atoms with Crippen molar-refractivity contribution in [3.63, 3.8) is 0 Å². The zero-order valence-corrected chi connectivity index (χ0v) is 16.5. The van der Waals surface area contributed by atoms with Crippen molar-refractivity contribution in [3.8, 4) is 5.75 Å². The first kappa shape index (κ1) is 21.2. The predicted octanol–water partition coefficient (Wildman–Crippen LogP) is 3.23. The molecular weight excluding hydrogens is 359 g/mol. The lowest BCUT2D eigenvalue weighted by atomic mass is 10.1. The molecule has 0 heterocycles. The highest BCUT2D eigenvalue weighted by atomic mass is 19.1. The lowest BCUT2D eigenvalue weighted by molar-refractivity contribution is -0.114. The van der Waals surface area contributed by atoms with Crippen molar-refractivity contribution in [1.82, 2.24) is 10.6 Å². The van der Waals surface area contributed by atoms with Gasteiger partial charge in [0.05, 0.1) is 13.1 Å². The monoisotopic (exact) mass is 386 g/mol. The Morgan fingerprint density at radius 1 is 1.18 bits per heavy atom. The molecule has 0 saturated carbocycles. The number of amides is 1. The number of guanidine groups is 1. The van der Waals surface area contributed by atoms with Crippen LogP contribution < -0.4 is 20.7 Å². The smallest absolute Gasteiger partial charge is 0.221 e. The van der Waals surface area contributed by atoms with Gasteiger partial charge in [0, 0.05) is 25.2 Å². The SMILES string of the molecule is CCNC(=NCc1ccc(F)c(C)c1)NCCOc1cccc(NC(C)=O)c1. The van der Waals surface area contributed by atoms with E-state index >= 15 is 0 Å². The minimum Gasteiger partial charge on any atom is -0.492 e. The van der Waals surface area contributed by atoms with Crippen molar-refractivity contribution < 1.29 is 13.9 Å². The molecule has 0 unspecified atom stereocenters. The number of rotatable bonds is 8. The molecule has 150 valence electrons. The Hall–Kier alpha value is -3.09. The van der Waals surface area contributed by atoms with Crippen LogP contribution in [0.1, 0.15) is 25.0 Å². The van der Waals surface area contributed by atoms with Gasteiger partial charge in [0.2, 0.25) is 5.91 Å². The van der Waals surface area contributed by atoms with Gasteiger partial charge in [0.15, 0.2) is 5.96 Å². The number of nitrogens with one attached hydrogen (secondary N) is 3. The molecule has 0 aliphatic heterocycles. The molecule has 0 aliphatic carbocycles. The third kappa shape index (κ3) is 7.26. The van der Waals surface area contributed by atoms with Crippen LogP contribution in [0.15, 0.2) is 47.5 Å². The molecule has 1 amide bonds. The van der Waals surface area contributed by atoms with E-state index in [0.717, 1.165) is 12.1 Å². The molecule has 0 aromatic heterocycles. The summed E-state index contributed by atoms with van der Waals surface area (Å²) < 4.78 is 19.1. The molecule has 0 aliphatic rings. The maximum absolute atomic E-state index is 13.4. The molecule has 28 heavy (non-hydrogen) atoms. The van der Waals surface area contributed by atoms with Crippen LogP contribution in [0.4, 0.5) is 10.1 Å². The summed E-state index contributed by atoms with van der Waals surface area (Å²) in [6.07, 6.45) is 0. The molecule has 0 spiro atoms. The molecule has 3 N–H and O–H groups in total. The maximum atomic E-state index is 13.4. The third-order valence-electron chi connectivity index (χ3n) is 3.80. The number of hydrogen-bond donors (Lipinski definition) is 3. The van der Waals surface area contributed by atoms with Crippen molar-refractivity contribution in [3.05, 3.63) is 59.4 Å². The van der Waals surface area contributed by atoms with Crippen molar-refractivity contribution >= 4 is 17.6 Å². The van der Waals surface area contributed by atoms with Crippen molar-refractivity contribution in [2.75, 3.05) is 25.0 Å². The molecule has 0 bridgehead atoms. The van der Waals surface area contributed by atoms with Crippen molar-refractivity contribution in [1.29, 1.82) is 0 Å². The number of carbonyl (C=O) groups is 1. The standard InChI is InChI=1S/C21H27FN4O2/c1-4-23-21(25-14-17-8-9-20(22)15(2)12-17)24-10-11-28-19-7-5-6-18(13-19)26-16(3)27/h5-9,12-13H,4,10-11,14H2,1-3H3,(H,26,27)(H2,23,24,25). The first-order valence-corrected chi connectivity index (χ1v) is 9.25. The van der Waals surface area contributed by atoms with Gasteiger partial charge in [-0.3, -0.25) is 4.79 Å². The van der Waals surface area contributed by atoms with Gasteiger partial charge in [-0.2, -0.15) is 0 Å². The number of anilines is 1. The molecule has 2 rings (SSSR count). The van der Waals surface area contributed by atoms with Gasteiger partial charge in [0.25, 0.3) is 0 Å². The summed E-state index contributed by atoms with van der Waals surface area (Å²) >= 11 is 0. The number of hydrogen-bond acceptors (Lipinski definition) is 3. The Kier molecular flexibility index (Phi) is 8.27. The Bertz CT molecular complexity index is 824. The topological polar surface area (TPSA) is 74.8 Å². The molecule has 2 aromatic carbocycles. The van der Waals surface area contributed by atoms with Gasteiger partial charge >= 0.3 is 0 Å². The summed E-state index contributed by atoms with van der Waals surface area (Å²) in [4.78, 5) is 15.6. The van der Waals surface area contributed by atoms with Gasteiger partial charge in [-0.15, -0.1) is 0 Å². The Balaban J connectivity index is 1.84. The second-order valence-corrected chi connectivity index (χ2v) is 6.26. The van der Waals surface area contributed by atoms with Crippen LogP contribution in [-0.4, -0.2) is 31.6 Å². The first-order chi connectivity index (χ1) is 13.5. The van der Waals surface area contributed by atoms with Crippen molar-refractivity contribution in [2.24, 2.45) is 4.99 Å². The van der Waals surface area contributed by atoms with E-state index in [9.17, 15) is 9.18 Å². The number of aryl methyl sites for hydroxylation is 1. The second-order valence-electron chi connectivity index (χ2n) is 6.26. The van der Waals surface area contributed by atoms with Crippen LogP contribution in [0, 0.1) is 12.7 Å². The molecule has 0 atom stereocenters. The highest BCUT2D eigenvalue weighted by molar-refractivity contribution is 5.88. The fraction of sp³-hybridized carbons (Fsp3) is 0.333. The van der Waals surface area contributed by atoms with E-state index in [1.54, 1.807) is 31.2 Å². The molecule has 0 saturated heterocycles. The lowest BCUT2D eigenvalue weighted by Crippen LogP contribution is -2.39. The highest BCUT2D eigenvalue weighted by Crippen LogP contribution is 2.17. The van der Waals surface area contributed by atoms with Crippen LogP contribution in [0.5, 0.6) is 5.75 Å². The molecule has 6 nitrogen and oxygen atoms in total. The fourth-order valence-corrected chi connectivity index (χ4v) is 2.52. The maximum Gasteiger partial charge on any atom is 0.221 e. The van der Waals surface area contributed by atoms with E-state index < -0.39 is 0 Å². The molecular formula is C21H27FN4O2. The minimum atomic E-state index is -0.211. The van der Waals surface area contributed by atoms with E-state index in [-0.39, 0.29) is 11.7 Å². The highest BCUT2D eigenvalue weighted by Gasteiger charge is 2.02. The van der Waals surface area contributed by atoms with E-state index in [0.29, 0.717) is 42.7 Å². The third-order valence-corrected chi connectivity index (χ3v) is 3.80. The normalized spacial score (nSPS) is 11.1. The summed E-state index contributed by atoms with van der Waals surface area (Å²) in [5.41, 5.74) is 2.25. The van der Waals surface area contributed by atoms with Crippen LogP contribution >= 0.6 is 0 Å². The Labute approximate surface area is 165 Å². The summed E-state index contributed by atoms with van der Waals surface area (Å²) in [6.45, 7) is 7.37. The number of halogens is 1. The van der Waals surface area contributed by atoms with Gasteiger partial charge in [-0.1, -0.05) is 18.2 Å². The average Bonchev–Trinajstić information content (AvgIpc) is 2.65. The number of ether oxygens (including phenoxy) is 1. The van der Waals surface area contributed by atoms with E-state index in [4.69, 9.17) is 4.74 Å². The fourth-order valence-electron chi connectivity index (χ4n) is 2.52. The number of benzene rings is 2. The number of aliphatic imine (C=N–C) groups is 1. The zero-order valence-electron chi connectivity index (χ0n) is 16.5. The first-order valence-electron chi connectivity index (χ1n) is 9.25. The van der Waals surface area contributed by atoms with E-state index in [2.05, 4.69) is 20.9 Å². The Morgan fingerprint density at radius 2 is 2.00 bits per heavy atom. The number of nitrogens with zero attached hydrogens (tertiary/aromatic N) is 1. The van der Waals surface area contributed by atoms with Gasteiger partial charge in [0.1, 0.15) is 18.2 Å². The minimum absolute atomic E-state index is 0.123. The van der Waals surface area contributed by atoms with Crippen LogP contribution in [-0.2, 0) is 11.3 Å². The summed E-state index contributed by atoms with van der Waals surface area (Å²) in [5, 5.41) is 9.10. The molecule has 0 fully saturated rings. The summed E-state index contributed by atoms with van der Waals surface area (Å²) in [5.74, 6) is 1.01. The van der Waals surface area contributed by atoms with E-state index in [1.165, 1.54) is 13.0 Å². The van der Waals surface area contributed by atoms with Crippen LogP contribution in [0.3, 0.4) is 0 Å². The number of carbonyl (C=O) groups excluding carboxylic acids is 1. The molecule has 7 heteroatoms. The van der Waals surface area contributed by atoms with Gasteiger partial charge in [-0.05, 0) is 43.2 Å². The lowest BCUT2D eigenvalue weighted by Gasteiger charge is -2.13. The van der Waals surface area contributed by atoms with Gasteiger partial charge < -0.3 is 20.7 Å². The van der Waals surface area contributed by atoms with E-state index in [1.807, 2.05) is 19.1 Å². The summed E-state index contributed by atoms with van der Waals surface area (Å²) in [6, 6.07) is 12.2. The molecule has 0 radical (unpaired) electrons.